The predicted molar refractivity (Wildman–Crippen MR) is 96.6 cm³/mol. The summed E-state index contributed by atoms with van der Waals surface area (Å²) in [7, 11) is 1.88. The highest BCUT2D eigenvalue weighted by molar-refractivity contribution is 7.20. The van der Waals surface area contributed by atoms with Crippen LogP contribution in [0, 0.1) is 0 Å². The smallest absolute Gasteiger partial charge is 0.480 e. The molecule has 6 nitrogen and oxygen atoms in total. The Morgan fingerprint density at radius 1 is 1.30 bits per heavy atom. The summed E-state index contributed by atoms with van der Waals surface area (Å²) >= 11 is 13.5. The molecule has 2 rings (SSSR count). The van der Waals surface area contributed by atoms with Crippen molar-refractivity contribution in [3.05, 3.63) is 20.3 Å². The Morgan fingerprint density at radius 3 is 2.19 bits per heavy atom. The van der Waals surface area contributed by atoms with Gasteiger partial charge < -0.3 is 10.2 Å². The van der Waals surface area contributed by atoms with E-state index >= 15 is 0 Å². The first-order valence-electron chi connectivity index (χ1n) is 7.78. The molecule has 0 aliphatic carbocycles. The summed E-state index contributed by atoms with van der Waals surface area (Å²) in [6, 6.07) is 2.28. The van der Waals surface area contributed by atoms with Crippen LogP contribution in [0.3, 0.4) is 0 Å². The number of carbonyl (C=O) groups is 2. The van der Waals surface area contributed by atoms with Gasteiger partial charge in [-0.3, -0.25) is 14.6 Å². The normalized spacial score (nSPS) is 16.1. The van der Waals surface area contributed by atoms with E-state index in [-0.39, 0.29) is 6.54 Å². The van der Waals surface area contributed by atoms with Crippen molar-refractivity contribution in [2.24, 2.45) is 0 Å². The van der Waals surface area contributed by atoms with Crippen molar-refractivity contribution >= 4 is 46.5 Å². The third kappa shape index (κ3) is 8.65. The third-order valence-electron chi connectivity index (χ3n) is 3.93. The van der Waals surface area contributed by atoms with Gasteiger partial charge in [-0.25, -0.2) is 4.79 Å². The number of likely N-dealkylation sites (N-methyl/N-ethyl adjacent to an activating group) is 1. The first-order chi connectivity index (χ1) is 12.4. The average molecular weight is 451 g/mol. The minimum Gasteiger partial charge on any atom is -0.480 e. The van der Waals surface area contributed by atoms with Crippen LogP contribution in [-0.2, 0) is 16.1 Å². The molecule has 0 unspecified atom stereocenters. The highest BCUT2D eigenvalue weighted by atomic mass is 35.5. The van der Waals surface area contributed by atoms with Crippen molar-refractivity contribution < 1.29 is 33.0 Å². The first-order valence-corrected chi connectivity index (χ1v) is 9.35. The molecule has 2 heterocycles. The number of alkyl halides is 3. The summed E-state index contributed by atoms with van der Waals surface area (Å²) in [6.45, 7) is 2.84. The summed E-state index contributed by atoms with van der Waals surface area (Å²) in [5.74, 6) is -3.53. The summed E-state index contributed by atoms with van der Waals surface area (Å²) in [5, 5.41) is 15.9. The van der Waals surface area contributed by atoms with Crippen LogP contribution in [0.5, 0.6) is 0 Å². The lowest BCUT2D eigenvalue weighted by atomic mass is 10.0. The Hall–Kier alpha value is -1.07. The Bertz CT molecular complexity index is 649. The second kappa shape index (κ2) is 10.5. The molecule has 2 N–H and O–H groups in total. The van der Waals surface area contributed by atoms with E-state index in [2.05, 4.69) is 4.90 Å². The van der Waals surface area contributed by atoms with Crippen LogP contribution in [0.25, 0.3) is 0 Å². The van der Waals surface area contributed by atoms with Gasteiger partial charge in [0, 0.05) is 12.6 Å². The number of halogens is 5. The molecule has 1 aromatic rings. The molecule has 27 heavy (non-hydrogen) atoms. The lowest BCUT2D eigenvalue weighted by Crippen LogP contribution is -2.44. The fraction of sp³-hybridized carbons (Fsp3) is 0.600. The van der Waals surface area contributed by atoms with Crippen molar-refractivity contribution in [2.45, 2.75) is 31.6 Å². The van der Waals surface area contributed by atoms with E-state index in [0.717, 1.165) is 46.7 Å². The zero-order chi connectivity index (χ0) is 20.8. The maximum atomic E-state index is 10.7. The molecule has 1 aliphatic heterocycles. The largest absolute Gasteiger partial charge is 0.490 e. The Balaban J connectivity index is 0.000000445. The van der Waals surface area contributed by atoms with Crippen LogP contribution in [0.15, 0.2) is 6.07 Å². The number of piperidine rings is 1. The van der Waals surface area contributed by atoms with Crippen LogP contribution in [-0.4, -0.2) is 70.9 Å². The third-order valence-corrected chi connectivity index (χ3v) is 5.50. The van der Waals surface area contributed by atoms with Gasteiger partial charge >= 0.3 is 18.1 Å². The predicted octanol–water partition coefficient (Wildman–Crippen LogP) is 3.67. The van der Waals surface area contributed by atoms with Gasteiger partial charge in [-0.15, -0.1) is 11.3 Å². The minimum absolute atomic E-state index is 0.108. The average Bonchev–Trinajstić information content (AvgIpc) is 2.84. The van der Waals surface area contributed by atoms with Gasteiger partial charge in [0.1, 0.15) is 0 Å². The number of hydrogen-bond donors (Lipinski definition) is 2. The molecule has 1 aromatic heterocycles. The minimum atomic E-state index is -5.08. The Morgan fingerprint density at radius 2 is 1.81 bits per heavy atom. The highest BCUT2D eigenvalue weighted by Crippen LogP contribution is 2.32. The van der Waals surface area contributed by atoms with E-state index in [4.69, 9.17) is 38.2 Å². The van der Waals surface area contributed by atoms with Crippen molar-refractivity contribution in [2.75, 3.05) is 26.7 Å². The Labute approximate surface area is 168 Å². The molecular weight excluding hydrogens is 432 g/mol. The van der Waals surface area contributed by atoms with Gasteiger partial charge in [-0.05, 0) is 44.6 Å². The van der Waals surface area contributed by atoms with Crippen LogP contribution >= 0.6 is 34.5 Å². The molecule has 154 valence electrons. The van der Waals surface area contributed by atoms with E-state index in [0.29, 0.717) is 6.04 Å². The molecular formula is C15H19Cl2F3N2O4S. The summed E-state index contributed by atoms with van der Waals surface area (Å²) < 4.78 is 33.2. The van der Waals surface area contributed by atoms with Crippen LogP contribution in [0.2, 0.25) is 8.67 Å². The van der Waals surface area contributed by atoms with Crippen molar-refractivity contribution in [3.8, 4) is 0 Å². The number of hydrogen-bond acceptors (Lipinski definition) is 5. The van der Waals surface area contributed by atoms with E-state index in [9.17, 15) is 18.0 Å². The SMILES string of the molecule is CN(CC(=O)O)C1CCN(Cc2cc(Cl)sc2Cl)CC1.O=C(O)C(F)(F)F. The number of carboxylic acid groups (broad SMARTS) is 2. The van der Waals surface area contributed by atoms with Crippen molar-refractivity contribution in [3.63, 3.8) is 0 Å². The highest BCUT2D eigenvalue weighted by Gasteiger charge is 2.38. The molecule has 0 atom stereocenters. The second-order valence-corrected chi connectivity index (χ2v) is 8.25. The molecule has 0 amide bonds. The van der Waals surface area contributed by atoms with E-state index in [1.165, 1.54) is 11.3 Å². The maximum absolute atomic E-state index is 10.7. The molecule has 12 heteroatoms. The van der Waals surface area contributed by atoms with Crippen LogP contribution < -0.4 is 0 Å². The van der Waals surface area contributed by atoms with Crippen LogP contribution in [0.4, 0.5) is 13.2 Å². The summed E-state index contributed by atoms with van der Waals surface area (Å²) in [4.78, 5) is 23.9. The fourth-order valence-electron chi connectivity index (χ4n) is 2.58. The van der Waals surface area contributed by atoms with Gasteiger partial charge in [-0.1, -0.05) is 23.2 Å². The fourth-order valence-corrected chi connectivity index (χ4v) is 4.06. The molecule has 0 radical (unpaired) electrons. The van der Waals surface area contributed by atoms with Gasteiger partial charge in [-0.2, -0.15) is 13.2 Å². The van der Waals surface area contributed by atoms with Crippen molar-refractivity contribution in [1.82, 2.24) is 9.80 Å². The van der Waals surface area contributed by atoms with Gasteiger partial charge in [0.05, 0.1) is 15.2 Å². The molecule has 1 fully saturated rings. The first kappa shape index (κ1) is 24.0. The zero-order valence-corrected chi connectivity index (χ0v) is 16.6. The molecule has 1 saturated heterocycles. The molecule has 1 aliphatic rings. The number of aliphatic carboxylic acids is 2. The molecule has 0 saturated carbocycles. The topological polar surface area (TPSA) is 81.1 Å². The molecule has 0 spiro atoms. The number of nitrogens with zero attached hydrogens (tertiary/aromatic N) is 2. The van der Waals surface area contributed by atoms with Gasteiger partial charge in [0.15, 0.2) is 0 Å². The number of rotatable bonds is 5. The van der Waals surface area contributed by atoms with Crippen molar-refractivity contribution in [1.29, 1.82) is 0 Å². The second-order valence-electron chi connectivity index (χ2n) is 5.97. The molecule has 0 bridgehead atoms. The van der Waals surface area contributed by atoms with Crippen LogP contribution in [0.1, 0.15) is 18.4 Å². The zero-order valence-electron chi connectivity index (χ0n) is 14.3. The maximum Gasteiger partial charge on any atom is 0.490 e. The van der Waals surface area contributed by atoms with E-state index < -0.39 is 18.1 Å². The monoisotopic (exact) mass is 450 g/mol. The summed E-state index contributed by atoms with van der Waals surface area (Å²) in [5.41, 5.74) is 1.08. The lowest BCUT2D eigenvalue weighted by Gasteiger charge is -2.36. The Kier molecular flexibility index (Phi) is 9.29. The van der Waals surface area contributed by atoms with Gasteiger partial charge in [0.2, 0.25) is 0 Å². The number of likely N-dealkylation sites (tertiary alicyclic amines) is 1. The van der Waals surface area contributed by atoms with Gasteiger partial charge in [0.25, 0.3) is 0 Å². The molecule has 0 aromatic carbocycles. The summed E-state index contributed by atoms with van der Waals surface area (Å²) in [6.07, 6.45) is -3.11. The standard InChI is InChI=1S/C13H18Cl2N2O2S.C2HF3O2/c1-16(8-12(18)19)10-2-4-17(5-3-10)7-9-6-11(14)20-13(9)15;3-2(4,5)1(6)7/h6,10H,2-5,7-8H2,1H3,(H,18,19);(H,6,7). The quantitative estimate of drug-likeness (QED) is 0.712. The number of thiophene rings is 1. The lowest BCUT2D eigenvalue weighted by molar-refractivity contribution is -0.192. The van der Waals surface area contributed by atoms with E-state index in [1.807, 2.05) is 18.0 Å². The van der Waals surface area contributed by atoms with E-state index in [1.54, 1.807) is 0 Å². The number of carboxylic acids is 2.